The van der Waals surface area contributed by atoms with Crippen molar-refractivity contribution in [3.8, 4) is 17.2 Å². The van der Waals surface area contributed by atoms with Gasteiger partial charge >= 0.3 is 0 Å². The summed E-state index contributed by atoms with van der Waals surface area (Å²) in [6, 6.07) is 25.3. The van der Waals surface area contributed by atoms with E-state index < -0.39 is 23.4 Å². The summed E-state index contributed by atoms with van der Waals surface area (Å²) in [5.41, 5.74) is 2.11. The molecule has 3 heterocycles. The highest BCUT2D eigenvalue weighted by molar-refractivity contribution is 6.20. The molecule has 1 spiro atoms. The van der Waals surface area contributed by atoms with E-state index in [0.29, 0.717) is 39.6 Å². The third-order valence-corrected chi connectivity index (χ3v) is 9.12. The monoisotopic (exact) mass is 586 g/mol. The number of benzene rings is 4. The highest BCUT2D eigenvalue weighted by atomic mass is 16.5. The van der Waals surface area contributed by atoms with Gasteiger partial charge in [-0.2, -0.15) is 0 Å². The van der Waals surface area contributed by atoms with Crippen LogP contribution < -0.4 is 24.4 Å². The van der Waals surface area contributed by atoms with Crippen LogP contribution in [0.2, 0.25) is 0 Å². The average Bonchev–Trinajstić information content (AvgIpc) is 3.55. The van der Waals surface area contributed by atoms with Crippen LogP contribution in [-0.4, -0.2) is 50.9 Å². The first-order valence-electron chi connectivity index (χ1n) is 14.3. The molecule has 0 bridgehead atoms. The summed E-state index contributed by atoms with van der Waals surface area (Å²) in [7, 11) is 4.60. The largest absolute Gasteiger partial charge is 0.497 e. The van der Waals surface area contributed by atoms with Gasteiger partial charge in [0.2, 0.25) is 5.91 Å². The third kappa shape index (κ3) is 3.80. The van der Waals surface area contributed by atoms with Gasteiger partial charge in [0.1, 0.15) is 17.2 Å². The van der Waals surface area contributed by atoms with Crippen LogP contribution in [0.1, 0.15) is 31.8 Å². The summed E-state index contributed by atoms with van der Waals surface area (Å²) in [4.78, 5) is 46.4. The number of methoxy groups -OCH3 is 3. The van der Waals surface area contributed by atoms with Gasteiger partial charge in [-0.05, 0) is 65.7 Å². The number of para-hydroxylation sites is 2. The maximum absolute atomic E-state index is 14.9. The standard InChI is InChI=1S/C36H30N2O6/c1-42-24-16-12-22(13-17-24)33(40)34-36(25-9-5-6-10-26(25)37-35(36)41)31(28-18-14-21-8-4-7-11-27(21)38(28)34)32(39)23-15-19-29(43-2)30(20-23)44-3/h4-20,28,31,34H,1-3H3,(H,37,41)/t28-,31+,34-,36-/m0/s1. The molecule has 1 saturated heterocycles. The molecule has 1 N–H and O–H groups in total. The highest BCUT2D eigenvalue weighted by Gasteiger charge is 2.71. The molecule has 4 atom stereocenters. The van der Waals surface area contributed by atoms with Crippen LogP contribution in [0.4, 0.5) is 11.4 Å². The summed E-state index contributed by atoms with van der Waals surface area (Å²) in [6.07, 6.45) is 3.92. The molecule has 4 aromatic rings. The Balaban J connectivity index is 1.51. The van der Waals surface area contributed by atoms with Crippen molar-refractivity contribution in [2.75, 3.05) is 31.5 Å². The fourth-order valence-electron chi connectivity index (χ4n) is 7.22. The number of fused-ring (bicyclic) bond motifs is 5. The number of Topliss-reactive ketones (excluding diaryl/α,β-unsaturated/α-hetero) is 2. The number of nitrogens with zero attached hydrogens (tertiary/aromatic N) is 1. The predicted molar refractivity (Wildman–Crippen MR) is 167 cm³/mol. The van der Waals surface area contributed by atoms with E-state index in [1.54, 1.807) is 49.6 Å². The normalized spacial score (nSPS) is 22.6. The number of rotatable bonds is 7. The number of ether oxygens (including phenoxy) is 3. The molecule has 3 aliphatic heterocycles. The third-order valence-electron chi connectivity index (χ3n) is 9.12. The Kier molecular flexibility index (Phi) is 6.50. The van der Waals surface area contributed by atoms with Gasteiger partial charge in [0.15, 0.2) is 23.1 Å². The van der Waals surface area contributed by atoms with E-state index in [-0.39, 0.29) is 17.5 Å². The van der Waals surface area contributed by atoms with Gasteiger partial charge in [0.05, 0.1) is 33.3 Å². The zero-order valence-corrected chi connectivity index (χ0v) is 24.4. The molecule has 44 heavy (non-hydrogen) atoms. The molecular formula is C36H30N2O6. The Bertz CT molecular complexity index is 1850. The number of hydrogen-bond donors (Lipinski definition) is 1. The Labute approximate surface area is 254 Å². The van der Waals surface area contributed by atoms with E-state index >= 15 is 0 Å². The molecule has 1 amide bonds. The van der Waals surface area contributed by atoms with Crippen molar-refractivity contribution in [2.24, 2.45) is 5.92 Å². The van der Waals surface area contributed by atoms with Crippen molar-refractivity contribution >= 4 is 34.9 Å². The lowest BCUT2D eigenvalue weighted by Crippen LogP contribution is -2.55. The van der Waals surface area contributed by atoms with Gasteiger partial charge in [0, 0.05) is 22.5 Å². The van der Waals surface area contributed by atoms with Crippen molar-refractivity contribution in [2.45, 2.75) is 17.5 Å². The first kappa shape index (κ1) is 27.5. The van der Waals surface area contributed by atoms with Gasteiger partial charge in [-0.25, -0.2) is 0 Å². The molecule has 1 fully saturated rings. The van der Waals surface area contributed by atoms with E-state index in [2.05, 4.69) is 5.32 Å². The summed E-state index contributed by atoms with van der Waals surface area (Å²) in [5, 5.41) is 3.04. The van der Waals surface area contributed by atoms with Gasteiger partial charge < -0.3 is 24.4 Å². The van der Waals surface area contributed by atoms with E-state index in [1.807, 2.05) is 65.6 Å². The van der Waals surface area contributed by atoms with Gasteiger partial charge in [-0.3, -0.25) is 14.4 Å². The number of nitrogens with one attached hydrogen (secondary N) is 1. The van der Waals surface area contributed by atoms with Crippen LogP contribution in [0, 0.1) is 5.92 Å². The van der Waals surface area contributed by atoms with Crippen molar-refractivity contribution in [1.82, 2.24) is 0 Å². The van der Waals surface area contributed by atoms with Crippen LogP contribution in [-0.2, 0) is 10.2 Å². The summed E-state index contributed by atoms with van der Waals surface area (Å²) in [5.74, 6) is -0.397. The maximum Gasteiger partial charge on any atom is 0.238 e. The molecule has 7 rings (SSSR count). The second-order valence-corrected chi connectivity index (χ2v) is 11.1. The second kappa shape index (κ2) is 10.4. The van der Waals surface area contributed by atoms with Gasteiger partial charge in [-0.1, -0.05) is 48.6 Å². The SMILES string of the molecule is COc1ccc(C(=O)[C@@H]2N3c4ccccc4C=C[C@H]3[C@H](C(=O)c3ccc(OC)c(OC)c3)[C@]23C(=O)Nc2ccccc23)cc1. The molecule has 8 nitrogen and oxygen atoms in total. The van der Waals surface area contributed by atoms with Crippen molar-refractivity contribution < 1.29 is 28.6 Å². The number of hydrogen-bond acceptors (Lipinski definition) is 7. The predicted octanol–water partition coefficient (Wildman–Crippen LogP) is 5.57. The van der Waals surface area contributed by atoms with Gasteiger partial charge in [0.25, 0.3) is 0 Å². The molecule has 0 aliphatic carbocycles. The van der Waals surface area contributed by atoms with Crippen LogP contribution >= 0.6 is 0 Å². The smallest absolute Gasteiger partial charge is 0.238 e. The lowest BCUT2D eigenvalue weighted by atomic mass is 9.63. The Morgan fingerprint density at radius 2 is 1.48 bits per heavy atom. The van der Waals surface area contributed by atoms with E-state index in [9.17, 15) is 14.4 Å². The maximum atomic E-state index is 14.9. The Hall–Kier alpha value is -5.37. The van der Waals surface area contributed by atoms with Crippen molar-refractivity contribution in [3.05, 3.63) is 119 Å². The van der Waals surface area contributed by atoms with E-state index in [4.69, 9.17) is 14.2 Å². The van der Waals surface area contributed by atoms with Gasteiger partial charge in [-0.15, -0.1) is 0 Å². The van der Waals surface area contributed by atoms with Crippen LogP contribution in [0.15, 0.2) is 97.1 Å². The average molecular weight is 587 g/mol. The molecule has 220 valence electrons. The Morgan fingerprint density at radius 1 is 0.773 bits per heavy atom. The Morgan fingerprint density at radius 3 is 2.23 bits per heavy atom. The molecule has 0 radical (unpaired) electrons. The minimum absolute atomic E-state index is 0.266. The van der Waals surface area contributed by atoms with E-state index in [1.165, 1.54) is 14.2 Å². The fourth-order valence-corrected chi connectivity index (χ4v) is 7.22. The number of amides is 1. The number of carbonyl (C=O) groups is 3. The van der Waals surface area contributed by atoms with Crippen molar-refractivity contribution in [3.63, 3.8) is 0 Å². The molecule has 4 aromatic carbocycles. The summed E-state index contributed by atoms with van der Waals surface area (Å²) >= 11 is 0. The fraction of sp³-hybridized carbons (Fsp3) is 0.194. The quantitative estimate of drug-likeness (QED) is 0.283. The lowest BCUT2D eigenvalue weighted by Gasteiger charge is -2.37. The molecule has 0 aromatic heterocycles. The number of carbonyl (C=O) groups excluding carboxylic acids is 3. The highest BCUT2D eigenvalue weighted by Crippen LogP contribution is 2.58. The number of ketones is 2. The summed E-state index contributed by atoms with van der Waals surface area (Å²) < 4.78 is 16.3. The lowest BCUT2D eigenvalue weighted by molar-refractivity contribution is -0.121. The van der Waals surface area contributed by atoms with Crippen LogP contribution in [0.5, 0.6) is 17.2 Å². The molecule has 8 heteroatoms. The van der Waals surface area contributed by atoms with Crippen LogP contribution in [0.3, 0.4) is 0 Å². The molecule has 0 unspecified atom stereocenters. The summed E-state index contributed by atoms with van der Waals surface area (Å²) in [6.45, 7) is 0. The minimum Gasteiger partial charge on any atom is -0.497 e. The van der Waals surface area contributed by atoms with E-state index in [0.717, 1.165) is 11.3 Å². The topological polar surface area (TPSA) is 94.2 Å². The van der Waals surface area contributed by atoms with Crippen LogP contribution in [0.25, 0.3) is 6.08 Å². The molecule has 3 aliphatic rings. The second-order valence-electron chi connectivity index (χ2n) is 11.1. The zero-order valence-electron chi connectivity index (χ0n) is 24.4. The minimum atomic E-state index is -1.55. The van der Waals surface area contributed by atoms with Crippen molar-refractivity contribution in [1.29, 1.82) is 0 Å². The number of anilines is 2. The molecule has 0 saturated carbocycles. The first-order chi connectivity index (χ1) is 21.4. The molecular weight excluding hydrogens is 556 g/mol. The zero-order chi connectivity index (χ0) is 30.6. The first-order valence-corrected chi connectivity index (χ1v) is 14.3.